The maximum absolute atomic E-state index is 5.60. The summed E-state index contributed by atoms with van der Waals surface area (Å²) in [5, 5.41) is 10.7. The van der Waals surface area contributed by atoms with E-state index in [0.717, 1.165) is 50.7 Å². The van der Waals surface area contributed by atoms with Gasteiger partial charge in [-0.3, -0.25) is 4.99 Å². The largest absolute Gasteiger partial charge is 0.496 e. The smallest absolute Gasteiger partial charge is 0.191 e. The van der Waals surface area contributed by atoms with Gasteiger partial charge in [-0.1, -0.05) is 18.2 Å². The first-order valence-electron chi connectivity index (χ1n) is 10.7. The lowest BCUT2D eigenvalue weighted by atomic mass is 9.95. The van der Waals surface area contributed by atoms with Gasteiger partial charge < -0.3 is 20.3 Å². The summed E-state index contributed by atoms with van der Waals surface area (Å²) in [6.07, 6.45) is 4.63. The predicted molar refractivity (Wildman–Crippen MR) is 138 cm³/mol. The fourth-order valence-electron chi connectivity index (χ4n) is 4.18. The molecule has 2 aliphatic rings. The normalized spacial score (nSPS) is 18.5. The molecule has 2 N–H and O–H groups in total. The third-order valence-corrected chi connectivity index (χ3v) is 7.00. The Hall–Kier alpha value is -1.48. The second kappa shape index (κ2) is 10.7. The SMILES string of the molecule is CCNC(=NCC1(c2ccccc2OC)CC1)NC1CCN(c2cccs2)CC1.I. The van der Waals surface area contributed by atoms with E-state index in [1.54, 1.807) is 7.11 Å². The summed E-state index contributed by atoms with van der Waals surface area (Å²) in [6, 6.07) is 13.2. The molecule has 0 radical (unpaired) electrons. The fraction of sp³-hybridized carbons (Fsp3) is 0.522. The van der Waals surface area contributed by atoms with Crippen LogP contribution in [0.3, 0.4) is 0 Å². The average molecular weight is 541 g/mol. The number of piperidine rings is 1. The summed E-state index contributed by atoms with van der Waals surface area (Å²) in [7, 11) is 1.76. The fourth-order valence-corrected chi connectivity index (χ4v) is 4.97. The number of anilines is 1. The zero-order valence-electron chi connectivity index (χ0n) is 17.9. The van der Waals surface area contributed by atoms with Gasteiger partial charge in [0.15, 0.2) is 5.96 Å². The van der Waals surface area contributed by atoms with Crippen molar-refractivity contribution in [2.75, 3.05) is 38.2 Å². The van der Waals surface area contributed by atoms with Gasteiger partial charge in [-0.05, 0) is 56.2 Å². The zero-order chi connectivity index (χ0) is 20.1. The molecular weight excluding hydrogens is 507 g/mol. The first-order chi connectivity index (χ1) is 14.2. The Morgan fingerprint density at radius 2 is 1.97 bits per heavy atom. The summed E-state index contributed by atoms with van der Waals surface area (Å²) in [6.45, 7) is 6.01. The molecule has 5 nitrogen and oxygen atoms in total. The minimum atomic E-state index is 0. The first-order valence-corrected chi connectivity index (χ1v) is 11.6. The summed E-state index contributed by atoms with van der Waals surface area (Å²) in [4.78, 5) is 7.48. The minimum Gasteiger partial charge on any atom is -0.496 e. The van der Waals surface area contributed by atoms with Gasteiger partial charge in [0, 0.05) is 36.7 Å². The van der Waals surface area contributed by atoms with E-state index in [4.69, 9.17) is 9.73 Å². The second-order valence-corrected chi connectivity index (χ2v) is 8.96. The number of para-hydroxylation sites is 1. The van der Waals surface area contributed by atoms with Gasteiger partial charge in [0.05, 0.1) is 18.7 Å². The topological polar surface area (TPSA) is 48.9 Å². The van der Waals surface area contributed by atoms with E-state index in [0.29, 0.717) is 6.04 Å². The van der Waals surface area contributed by atoms with Crippen LogP contribution in [0.15, 0.2) is 46.8 Å². The molecule has 0 amide bonds. The number of hydrogen-bond acceptors (Lipinski definition) is 4. The molecule has 0 bridgehead atoms. The Balaban J connectivity index is 0.00000256. The van der Waals surface area contributed by atoms with Crippen LogP contribution in [0.25, 0.3) is 0 Å². The molecule has 2 aromatic rings. The molecule has 1 saturated carbocycles. The third-order valence-electron chi connectivity index (χ3n) is 6.07. The van der Waals surface area contributed by atoms with Crippen LogP contribution >= 0.6 is 35.3 Å². The molecule has 4 rings (SSSR count). The Kier molecular flexibility index (Phi) is 8.27. The highest BCUT2D eigenvalue weighted by Crippen LogP contribution is 2.51. The molecule has 1 aliphatic heterocycles. The molecule has 1 saturated heterocycles. The third kappa shape index (κ3) is 5.41. The highest BCUT2D eigenvalue weighted by molar-refractivity contribution is 14.0. The van der Waals surface area contributed by atoms with Crippen molar-refractivity contribution in [3.8, 4) is 5.75 Å². The number of aliphatic imine (C=N–C) groups is 1. The number of hydrogen-bond donors (Lipinski definition) is 2. The zero-order valence-corrected chi connectivity index (χ0v) is 21.0. The van der Waals surface area contributed by atoms with Crippen LogP contribution < -0.4 is 20.3 Å². The van der Waals surface area contributed by atoms with E-state index >= 15 is 0 Å². The highest BCUT2D eigenvalue weighted by atomic mass is 127. The number of nitrogens with one attached hydrogen (secondary N) is 2. The molecule has 0 atom stereocenters. The lowest BCUT2D eigenvalue weighted by molar-refractivity contribution is 0.404. The Morgan fingerprint density at radius 3 is 2.60 bits per heavy atom. The lowest BCUT2D eigenvalue weighted by Gasteiger charge is -2.33. The maximum atomic E-state index is 5.60. The van der Waals surface area contributed by atoms with E-state index < -0.39 is 0 Å². The van der Waals surface area contributed by atoms with Crippen molar-refractivity contribution >= 4 is 46.3 Å². The molecule has 7 heteroatoms. The van der Waals surface area contributed by atoms with Gasteiger partial charge in [0.2, 0.25) is 0 Å². The van der Waals surface area contributed by atoms with E-state index in [1.165, 1.54) is 23.4 Å². The van der Waals surface area contributed by atoms with Crippen LogP contribution in [-0.4, -0.2) is 45.3 Å². The molecular formula is C23H33IN4OS. The number of rotatable bonds is 7. The highest BCUT2D eigenvalue weighted by Gasteiger charge is 2.46. The summed E-state index contributed by atoms with van der Waals surface area (Å²) >= 11 is 1.83. The monoisotopic (exact) mass is 540 g/mol. The van der Waals surface area contributed by atoms with E-state index in [2.05, 4.69) is 58.2 Å². The van der Waals surface area contributed by atoms with Gasteiger partial charge in [0.1, 0.15) is 5.75 Å². The number of benzene rings is 1. The molecule has 1 aromatic carbocycles. The molecule has 0 unspecified atom stereocenters. The van der Waals surface area contributed by atoms with Crippen LogP contribution in [0.1, 0.15) is 38.2 Å². The average Bonchev–Trinajstić information content (AvgIpc) is 3.35. The van der Waals surface area contributed by atoms with E-state index in [1.807, 2.05) is 17.4 Å². The van der Waals surface area contributed by atoms with Gasteiger partial charge in [-0.2, -0.15) is 0 Å². The second-order valence-electron chi connectivity index (χ2n) is 8.03. The Morgan fingerprint density at radius 1 is 1.20 bits per heavy atom. The van der Waals surface area contributed by atoms with Crippen LogP contribution in [0, 0.1) is 0 Å². The van der Waals surface area contributed by atoms with Crippen molar-refractivity contribution in [1.82, 2.24) is 10.6 Å². The van der Waals surface area contributed by atoms with Crippen molar-refractivity contribution < 1.29 is 4.74 Å². The Bertz CT molecular complexity index is 814. The van der Waals surface area contributed by atoms with Crippen LogP contribution in [0.5, 0.6) is 5.75 Å². The summed E-state index contributed by atoms with van der Waals surface area (Å²) in [5.41, 5.74) is 1.43. The number of guanidine groups is 1. The van der Waals surface area contributed by atoms with E-state index in [-0.39, 0.29) is 29.4 Å². The molecule has 1 aliphatic carbocycles. The summed E-state index contributed by atoms with van der Waals surface area (Å²) in [5.74, 6) is 1.93. The molecule has 0 spiro atoms. The van der Waals surface area contributed by atoms with Crippen LogP contribution in [0.2, 0.25) is 0 Å². The number of halogens is 1. The number of thiophene rings is 1. The lowest BCUT2D eigenvalue weighted by Crippen LogP contribution is -2.48. The van der Waals surface area contributed by atoms with Crippen molar-refractivity contribution in [2.24, 2.45) is 4.99 Å². The van der Waals surface area contributed by atoms with Crippen molar-refractivity contribution in [3.63, 3.8) is 0 Å². The Labute approximate surface area is 201 Å². The predicted octanol–water partition coefficient (Wildman–Crippen LogP) is 4.63. The summed E-state index contributed by atoms with van der Waals surface area (Å²) < 4.78 is 5.60. The molecule has 2 heterocycles. The van der Waals surface area contributed by atoms with Crippen LogP contribution in [-0.2, 0) is 5.41 Å². The van der Waals surface area contributed by atoms with Gasteiger partial charge in [-0.15, -0.1) is 35.3 Å². The minimum absolute atomic E-state index is 0. The molecule has 30 heavy (non-hydrogen) atoms. The number of methoxy groups -OCH3 is 1. The van der Waals surface area contributed by atoms with Crippen molar-refractivity contribution in [3.05, 3.63) is 47.3 Å². The number of nitrogens with zero attached hydrogens (tertiary/aromatic N) is 2. The quantitative estimate of drug-likeness (QED) is 0.306. The maximum Gasteiger partial charge on any atom is 0.191 e. The van der Waals surface area contributed by atoms with E-state index in [9.17, 15) is 0 Å². The standard InChI is InChI=1S/C23H32N4OS.HI/c1-3-24-22(26-18-10-14-27(15-11-18)21-9-6-16-29-21)25-17-23(12-13-23)19-7-4-5-8-20(19)28-2;/h4-9,16,18H,3,10-15,17H2,1-2H3,(H2,24,25,26);1H. The molecule has 2 fully saturated rings. The van der Waals surface area contributed by atoms with Gasteiger partial charge in [0.25, 0.3) is 0 Å². The first kappa shape index (κ1) is 23.2. The number of ether oxygens (including phenoxy) is 1. The van der Waals surface area contributed by atoms with Crippen molar-refractivity contribution in [1.29, 1.82) is 0 Å². The van der Waals surface area contributed by atoms with Crippen molar-refractivity contribution in [2.45, 2.75) is 44.1 Å². The van der Waals surface area contributed by atoms with Gasteiger partial charge >= 0.3 is 0 Å². The van der Waals surface area contributed by atoms with Gasteiger partial charge in [-0.25, -0.2) is 0 Å². The van der Waals surface area contributed by atoms with Crippen LogP contribution in [0.4, 0.5) is 5.00 Å². The molecule has 1 aromatic heterocycles. The molecule has 164 valence electrons.